The molecular formula is C26H20ClNO4. The molecule has 6 heteroatoms. The minimum absolute atomic E-state index is 0.270. The van der Waals surface area contributed by atoms with E-state index in [0.717, 1.165) is 5.56 Å². The molecule has 0 N–H and O–H groups in total. The number of benzene rings is 3. The molecule has 0 spiro atoms. The van der Waals surface area contributed by atoms with Crippen LogP contribution in [0.3, 0.4) is 0 Å². The number of para-hydroxylation sites is 1. The Morgan fingerprint density at radius 3 is 2.28 bits per heavy atom. The largest absolute Gasteiger partial charge is 0.496 e. The van der Waals surface area contributed by atoms with Crippen LogP contribution < -0.4 is 14.2 Å². The van der Waals surface area contributed by atoms with E-state index < -0.39 is 5.97 Å². The van der Waals surface area contributed by atoms with Gasteiger partial charge in [-0.25, -0.2) is 4.79 Å². The van der Waals surface area contributed by atoms with Gasteiger partial charge in [0.25, 0.3) is 0 Å². The van der Waals surface area contributed by atoms with E-state index in [2.05, 4.69) is 6.07 Å². The van der Waals surface area contributed by atoms with Gasteiger partial charge in [0, 0.05) is 16.7 Å². The second-order valence-corrected chi connectivity index (χ2v) is 7.02. The Morgan fingerprint density at radius 2 is 1.59 bits per heavy atom. The third-order valence-corrected chi connectivity index (χ3v) is 4.76. The maximum Gasteiger partial charge on any atom is 0.336 e. The van der Waals surface area contributed by atoms with Crippen molar-refractivity contribution in [3.05, 3.63) is 94.5 Å². The third kappa shape index (κ3) is 5.78. The van der Waals surface area contributed by atoms with Crippen LogP contribution in [-0.4, -0.2) is 20.2 Å². The molecule has 0 aliphatic heterocycles. The summed E-state index contributed by atoms with van der Waals surface area (Å²) in [4.78, 5) is 12.2. The summed E-state index contributed by atoms with van der Waals surface area (Å²) in [7, 11) is 3.04. The number of ether oxygens (including phenoxy) is 3. The second kappa shape index (κ2) is 10.9. The minimum Gasteiger partial charge on any atom is -0.496 e. The SMILES string of the molecule is COc1cc(/C=C(/C#N)c2ccccc2OC)ccc1OC(=O)/C=C/c1ccc(Cl)cc1. The lowest BCUT2D eigenvalue weighted by Crippen LogP contribution is -2.05. The van der Waals surface area contributed by atoms with Crippen molar-refractivity contribution in [2.45, 2.75) is 0 Å². The van der Waals surface area contributed by atoms with Crippen molar-refractivity contribution in [3.8, 4) is 23.3 Å². The number of esters is 1. The van der Waals surface area contributed by atoms with Crippen molar-refractivity contribution in [2.24, 2.45) is 0 Å². The number of methoxy groups -OCH3 is 2. The first-order chi connectivity index (χ1) is 15.5. The molecule has 0 bridgehead atoms. The summed E-state index contributed by atoms with van der Waals surface area (Å²) < 4.78 is 16.1. The van der Waals surface area contributed by atoms with E-state index in [0.29, 0.717) is 33.2 Å². The number of hydrogen-bond donors (Lipinski definition) is 0. The fourth-order valence-corrected chi connectivity index (χ4v) is 3.07. The number of allylic oxidation sites excluding steroid dienone is 1. The Kier molecular flexibility index (Phi) is 7.69. The zero-order valence-corrected chi connectivity index (χ0v) is 18.3. The summed E-state index contributed by atoms with van der Waals surface area (Å²) in [6.07, 6.45) is 4.67. The Labute approximate surface area is 191 Å². The number of nitrogens with zero attached hydrogens (tertiary/aromatic N) is 1. The highest BCUT2D eigenvalue weighted by Gasteiger charge is 2.11. The van der Waals surface area contributed by atoms with Gasteiger partial charge in [-0.1, -0.05) is 41.9 Å². The predicted molar refractivity (Wildman–Crippen MR) is 126 cm³/mol. The van der Waals surface area contributed by atoms with Crippen molar-refractivity contribution >= 4 is 35.3 Å². The van der Waals surface area contributed by atoms with Crippen LogP contribution in [0.2, 0.25) is 5.02 Å². The number of nitriles is 1. The topological polar surface area (TPSA) is 68.6 Å². The summed E-state index contributed by atoms with van der Waals surface area (Å²) in [5.41, 5.74) is 2.64. The van der Waals surface area contributed by atoms with E-state index in [1.807, 2.05) is 18.2 Å². The van der Waals surface area contributed by atoms with Crippen molar-refractivity contribution in [2.75, 3.05) is 14.2 Å². The molecule has 0 aliphatic rings. The fourth-order valence-electron chi connectivity index (χ4n) is 2.94. The molecule has 3 rings (SSSR count). The first-order valence-corrected chi connectivity index (χ1v) is 10.0. The quantitative estimate of drug-likeness (QED) is 0.146. The average Bonchev–Trinajstić information content (AvgIpc) is 2.83. The number of halogens is 1. The molecule has 0 aromatic heterocycles. The molecule has 0 fully saturated rings. The van der Waals surface area contributed by atoms with Crippen LogP contribution in [0, 0.1) is 11.3 Å². The Morgan fingerprint density at radius 1 is 0.906 bits per heavy atom. The molecular weight excluding hydrogens is 426 g/mol. The van der Waals surface area contributed by atoms with E-state index >= 15 is 0 Å². The van der Waals surface area contributed by atoms with Gasteiger partial charge in [-0.15, -0.1) is 0 Å². The van der Waals surface area contributed by atoms with Gasteiger partial charge in [0.2, 0.25) is 0 Å². The first-order valence-electron chi connectivity index (χ1n) is 9.62. The van der Waals surface area contributed by atoms with Gasteiger partial charge in [0.05, 0.1) is 25.9 Å². The first kappa shape index (κ1) is 22.7. The zero-order chi connectivity index (χ0) is 22.9. The number of carbonyl (C=O) groups is 1. The molecule has 3 aromatic rings. The Balaban J connectivity index is 1.81. The zero-order valence-electron chi connectivity index (χ0n) is 17.5. The van der Waals surface area contributed by atoms with Crippen molar-refractivity contribution < 1.29 is 19.0 Å². The molecule has 0 atom stereocenters. The van der Waals surface area contributed by atoms with Crippen molar-refractivity contribution in [1.82, 2.24) is 0 Å². The molecule has 0 saturated heterocycles. The summed E-state index contributed by atoms with van der Waals surface area (Å²) >= 11 is 5.86. The van der Waals surface area contributed by atoms with Crippen LogP contribution in [-0.2, 0) is 4.79 Å². The molecule has 32 heavy (non-hydrogen) atoms. The summed E-state index contributed by atoms with van der Waals surface area (Å²) in [5, 5.41) is 10.3. The van der Waals surface area contributed by atoms with Gasteiger partial charge in [0.15, 0.2) is 11.5 Å². The standard InChI is InChI=1S/C26H20ClNO4/c1-30-23-6-4-3-5-22(23)20(17-28)15-19-9-13-24(25(16-19)31-2)32-26(29)14-10-18-7-11-21(27)12-8-18/h3-16H,1-2H3/b14-10+,20-15-. The molecule has 3 aromatic carbocycles. The fraction of sp³-hybridized carbons (Fsp3) is 0.0769. The molecule has 0 saturated carbocycles. The van der Waals surface area contributed by atoms with Crippen LogP contribution in [0.15, 0.2) is 72.8 Å². The van der Waals surface area contributed by atoms with Crippen molar-refractivity contribution in [1.29, 1.82) is 5.26 Å². The molecule has 0 unspecified atom stereocenters. The summed E-state index contributed by atoms with van der Waals surface area (Å²) in [6.45, 7) is 0. The molecule has 5 nitrogen and oxygen atoms in total. The van der Waals surface area contributed by atoms with Gasteiger partial charge in [0.1, 0.15) is 5.75 Å². The van der Waals surface area contributed by atoms with E-state index in [1.54, 1.807) is 67.8 Å². The summed E-state index contributed by atoms with van der Waals surface area (Å²) in [5.74, 6) is 0.689. The second-order valence-electron chi connectivity index (χ2n) is 6.59. The van der Waals surface area contributed by atoms with Crippen LogP contribution in [0.4, 0.5) is 0 Å². The van der Waals surface area contributed by atoms with Gasteiger partial charge < -0.3 is 14.2 Å². The smallest absolute Gasteiger partial charge is 0.336 e. The van der Waals surface area contributed by atoms with E-state index in [1.165, 1.54) is 13.2 Å². The lowest BCUT2D eigenvalue weighted by atomic mass is 10.0. The van der Waals surface area contributed by atoms with Crippen LogP contribution in [0.5, 0.6) is 17.2 Å². The highest BCUT2D eigenvalue weighted by Crippen LogP contribution is 2.32. The molecule has 0 aliphatic carbocycles. The highest BCUT2D eigenvalue weighted by molar-refractivity contribution is 6.30. The van der Waals surface area contributed by atoms with Crippen LogP contribution >= 0.6 is 11.6 Å². The maximum atomic E-state index is 12.2. The van der Waals surface area contributed by atoms with Gasteiger partial charge in [-0.2, -0.15) is 5.26 Å². The highest BCUT2D eigenvalue weighted by atomic mass is 35.5. The molecule has 160 valence electrons. The van der Waals surface area contributed by atoms with Gasteiger partial charge in [-0.05, 0) is 59.7 Å². The van der Waals surface area contributed by atoms with Gasteiger partial charge in [-0.3, -0.25) is 0 Å². The Bertz CT molecular complexity index is 1210. The lowest BCUT2D eigenvalue weighted by Gasteiger charge is -2.10. The lowest BCUT2D eigenvalue weighted by molar-refractivity contribution is -0.129. The monoisotopic (exact) mass is 445 g/mol. The summed E-state index contributed by atoms with van der Waals surface area (Å²) in [6, 6.07) is 21.6. The number of carbonyl (C=O) groups excluding carboxylic acids is 1. The number of rotatable bonds is 7. The molecule has 0 radical (unpaired) electrons. The minimum atomic E-state index is -0.548. The van der Waals surface area contributed by atoms with Crippen LogP contribution in [0.1, 0.15) is 16.7 Å². The Hall–Kier alpha value is -4.01. The van der Waals surface area contributed by atoms with E-state index in [4.69, 9.17) is 25.8 Å². The third-order valence-electron chi connectivity index (χ3n) is 4.51. The van der Waals surface area contributed by atoms with Crippen LogP contribution in [0.25, 0.3) is 17.7 Å². The molecule has 0 heterocycles. The number of hydrogen-bond acceptors (Lipinski definition) is 5. The van der Waals surface area contributed by atoms with Gasteiger partial charge >= 0.3 is 5.97 Å². The normalized spacial score (nSPS) is 11.1. The maximum absolute atomic E-state index is 12.2. The predicted octanol–water partition coefficient (Wildman–Crippen LogP) is 6.04. The van der Waals surface area contributed by atoms with E-state index in [9.17, 15) is 10.1 Å². The van der Waals surface area contributed by atoms with Crippen molar-refractivity contribution in [3.63, 3.8) is 0 Å². The molecule has 0 amide bonds. The van der Waals surface area contributed by atoms with E-state index in [-0.39, 0.29) is 5.75 Å². The average molecular weight is 446 g/mol.